The number of fused-ring (bicyclic) bond motifs is 1. The molecule has 0 bridgehead atoms. The van der Waals surface area contributed by atoms with Gasteiger partial charge in [-0.25, -0.2) is 0 Å². The lowest BCUT2D eigenvalue weighted by molar-refractivity contribution is 0.291. The van der Waals surface area contributed by atoms with Crippen molar-refractivity contribution in [3.8, 4) is 5.75 Å². The first kappa shape index (κ1) is 14.4. The van der Waals surface area contributed by atoms with Crippen molar-refractivity contribution < 1.29 is 4.74 Å². The molecule has 106 valence electrons. The molecule has 0 aromatic heterocycles. The van der Waals surface area contributed by atoms with Gasteiger partial charge in [0.25, 0.3) is 0 Å². The summed E-state index contributed by atoms with van der Waals surface area (Å²) in [7, 11) is 0. The molecule has 2 rings (SSSR count). The highest BCUT2D eigenvalue weighted by Gasteiger charge is 2.33. The van der Waals surface area contributed by atoms with Gasteiger partial charge in [-0.3, -0.25) is 0 Å². The average Bonchev–Trinajstić information content (AvgIpc) is 2.65. The van der Waals surface area contributed by atoms with Crippen LogP contribution in [-0.4, -0.2) is 19.7 Å². The van der Waals surface area contributed by atoms with Gasteiger partial charge in [-0.15, -0.1) is 0 Å². The summed E-state index contributed by atoms with van der Waals surface area (Å²) in [4.78, 5) is 0. The molecule has 1 aromatic rings. The van der Waals surface area contributed by atoms with Gasteiger partial charge in [-0.1, -0.05) is 46.8 Å². The van der Waals surface area contributed by atoms with Crippen molar-refractivity contribution in [1.82, 2.24) is 5.32 Å². The number of ether oxygens (including phenoxy) is 1. The Bertz CT molecular complexity index is 449. The molecule has 0 saturated carbocycles. The molecule has 19 heavy (non-hydrogen) atoms. The Morgan fingerprint density at radius 2 is 2.05 bits per heavy atom. The van der Waals surface area contributed by atoms with Crippen LogP contribution in [0.2, 0.25) is 0 Å². The standard InChI is InChI=1S/C17H27NO/c1-6-18-10-9-16(2,3)13-7-8-15-14(11-13)17(4,5)12-19-15/h7-8,11,18H,6,9-10,12H2,1-5H3. The smallest absolute Gasteiger partial charge is 0.123 e. The first-order valence-corrected chi connectivity index (χ1v) is 7.35. The van der Waals surface area contributed by atoms with Crippen LogP contribution in [0.1, 0.15) is 52.2 Å². The Kier molecular flexibility index (Phi) is 3.91. The van der Waals surface area contributed by atoms with Crippen LogP contribution in [0.15, 0.2) is 18.2 Å². The minimum Gasteiger partial charge on any atom is -0.492 e. The molecular weight excluding hydrogens is 234 g/mol. The molecule has 1 aliphatic heterocycles. The van der Waals surface area contributed by atoms with Gasteiger partial charge in [0.2, 0.25) is 0 Å². The molecule has 0 saturated heterocycles. The van der Waals surface area contributed by atoms with Crippen molar-refractivity contribution in [3.63, 3.8) is 0 Å². The molecule has 0 radical (unpaired) electrons. The van der Waals surface area contributed by atoms with Gasteiger partial charge in [0, 0.05) is 11.0 Å². The van der Waals surface area contributed by atoms with Crippen LogP contribution in [0.5, 0.6) is 5.75 Å². The van der Waals surface area contributed by atoms with Crippen LogP contribution in [0.3, 0.4) is 0 Å². The van der Waals surface area contributed by atoms with E-state index in [1.54, 1.807) is 0 Å². The number of hydrogen-bond acceptors (Lipinski definition) is 2. The van der Waals surface area contributed by atoms with Gasteiger partial charge in [0.05, 0.1) is 6.61 Å². The highest BCUT2D eigenvalue weighted by molar-refractivity contribution is 5.46. The summed E-state index contributed by atoms with van der Waals surface area (Å²) in [5, 5.41) is 3.42. The van der Waals surface area contributed by atoms with Crippen molar-refractivity contribution in [2.45, 2.75) is 51.9 Å². The van der Waals surface area contributed by atoms with Gasteiger partial charge in [0.1, 0.15) is 5.75 Å². The molecule has 1 aliphatic rings. The Hall–Kier alpha value is -1.02. The monoisotopic (exact) mass is 261 g/mol. The SMILES string of the molecule is CCNCCC(C)(C)c1ccc2c(c1)C(C)(C)CO2. The second kappa shape index (κ2) is 5.16. The predicted molar refractivity (Wildman–Crippen MR) is 81.1 cm³/mol. The van der Waals surface area contributed by atoms with Crippen LogP contribution in [0.25, 0.3) is 0 Å². The summed E-state index contributed by atoms with van der Waals surface area (Å²) in [5.74, 6) is 1.07. The van der Waals surface area contributed by atoms with Gasteiger partial charge in [-0.05, 0) is 36.6 Å². The highest BCUT2D eigenvalue weighted by Crippen LogP contribution is 2.41. The van der Waals surface area contributed by atoms with E-state index in [4.69, 9.17) is 4.74 Å². The number of nitrogens with one attached hydrogen (secondary N) is 1. The molecule has 0 fully saturated rings. The molecule has 0 unspecified atom stereocenters. The maximum atomic E-state index is 5.77. The van der Waals surface area contributed by atoms with Crippen LogP contribution in [0, 0.1) is 0 Å². The quantitative estimate of drug-likeness (QED) is 0.817. The van der Waals surface area contributed by atoms with E-state index in [-0.39, 0.29) is 10.8 Å². The molecular formula is C17H27NO. The Morgan fingerprint density at radius 1 is 1.32 bits per heavy atom. The second-order valence-electron chi connectivity index (χ2n) is 6.87. The topological polar surface area (TPSA) is 21.3 Å². The lowest BCUT2D eigenvalue weighted by atomic mass is 9.78. The second-order valence-corrected chi connectivity index (χ2v) is 6.87. The van der Waals surface area contributed by atoms with Crippen LogP contribution >= 0.6 is 0 Å². The Morgan fingerprint density at radius 3 is 2.74 bits per heavy atom. The number of hydrogen-bond donors (Lipinski definition) is 1. The maximum Gasteiger partial charge on any atom is 0.123 e. The van der Waals surface area contributed by atoms with E-state index in [9.17, 15) is 0 Å². The number of benzene rings is 1. The molecule has 1 aromatic carbocycles. The maximum absolute atomic E-state index is 5.77. The summed E-state index contributed by atoms with van der Waals surface area (Å²) in [6.45, 7) is 14.2. The predicted octanol–water partition coefficient (Wildman–Crippen LogP) is 3.63. The Labute approximate surface area is 117 Å². The third kappa shape index (κ3) is 2.94. The van der Waals surface area contributed by atoms with Crippen molar-refractivity contribution >= 4 is 0 Å². The lowest BCUT2D eigenvalue weighted by Gasteiger charge is -2.27. The first-order valence-electron chi connectivity index (χ1n) is 7.35. The van der Waals surface area contributed by atoms with E-state index in [1.807, 2.05) is 0 Å². The van der Waals surface area contributed by atoms with Crippen LogP contribution in [-0.2, 0) is 10.8 Å². The summed E-state index contributed by atoms with van der Waals surface area (Å²) in [5.41, 5.74) is 3.13. The van der Waals surface area contributed by atoms with E-state index in [1.165, 1.54) is 11.1 Å². The lowest BCUT2D eigenvalue weighted by Crippen LogP contribution is -2.26. The zero-order valence-corrected chi connectivity index (χ0v) is 13.0. The van der Waals surface area contributed by atoms with Crippen LogP contribution in [0.4, 0.5) is 0 Å². The fourth-order valence-electron chi connectivity index (χ4n) is 2.66. The Balaban J connectivity index is 2.22. The fraction of sp³-hybridized carbons (Fsp3) is 0.647. The van der Waals surface area contributed by atoms with Gasteiger partial charge >= 0.3 is 0 Å². The van der Waals surface area contributed by atoms with Crippen molar-refractivity contribution in [1.29, 1.82) is 0 Å². The summed E-state index contributed by atoms with van der Waals surface area (Å²) < 4.78 is 5.77. The van der Waals surface area contributed by atoms with Crippen LogP contribution < -0.4 is 10.1 Å². The fourth-order valence-corrected chi connectivity index (χ4v) is 2.66. The number of rotatable bonds is 5. The third-order valence-corrected chi connectivity index (χ3v) is 4.26. The summed E-state index contributed by atoms with van der Waals surface area (Å²) in [6.07, 6.45) is 1.15. The third-order valence-electron chi connectivity index (χ3n) is 4.26. The van der Waals surface area contributed by atoms with E-state index >= 15 is 0 Å². The molecule has 0 atom stereocenters. The largest absolute Gasteiger partial charge is 0.492 e. The summed E-state index contributed by atoms with van der Waals surface area (Å²) in [6, 6.07) is 6.73. The molecule has 0 amide bonds. The van der Waals surface area contributed by atoms with Gasteiger partial charge < -0.3 is 10.1 Å². The van der Waals surface area contributed by atoms with E-state index in [2.05, 4.69) is 58.1 Å². The van der Waals surface area contributed by atoms with Crippen molar-refractivity contribution in [2.75, 3.05) is 19.7 Å². The zero-order valence-electron chi connectivity index (χ0n) is 13.0. The molecule has 1 heterocycles. The van der Waals surface area contributed by atoms with Crippen molar-refractivity contribution in [2.24, 2.45) is 0 Å². The van der Waals surface area contributed by atoms with E-state index in [0.29, 0.717) is 0 Å². The zero-order chi connectivity index (χ0) is 14.1. The first-order chi connectivity index (χ1) is 8.87. The average molecular weight is 261 g/mol. The van der Waals surface area contributed by atoms with Gasteiger partial charge in [-0.2, -0.15) is 0 Å². The highest BCUT2D eigenvalue weighted by atomic mass is 16.5. The molecule has 2 nitrogen and oxygen atoms in total. The normalized spacial score (nSPS) is 17.1. The minimum atomic E-state index is 0.142. The minimum absolute atomic E-state index is 0.142. The molecule has 0 spiro atoms. The molecule has 2 heteroatoms. The molecule has 0 aliphatic carbocycles. The van der Waals surface area contributed by atoms with E-state index < -0.39 is 0 Å². The van der Waals surface area contributed by atoms with E-state index in [0.717, 1.165) is 31.9 Å². The van der Waals surface area contributed by atoms with Crippen molar-refractivity contribution in [3.05, 3.63) is 29.3 Å². The molecule has 1 N–H and O–H groups in total. The summed E-state index contributed by atoms with van der Waals surface area (Å²) >= 11 is 0. The van der Waals surface area contributed by atoms with Gasteiger partial charge in [0.15, 0.2) is 0 Å².